The van der Waals surface area contributed by atoms with Gasteiger partial charge in [-0.15, -0.1) is 0 Å². The number of benzene rings is 1. The first-order valence-electron chi connectivity index (χ1n) is 4.77. The average molecular weight is 284 g/mol. The smallest absolute Gasteiger partial charge is 0.337 e. The fourth-order valence-corrected chi connectivity index (χ4v) is 1.86. The van der Waals surface area contributed by atoms with Crippen LogP contribution in [-0.4, -0.2) is 17.7 Å². The Hall–Kier alpha value is -1.36. The Morgan fingerprint density at radius 2 is 2.19 bits per heavy atom. The summed E-state index contributed by atoms with van der Waals surface area (Å²) in [6.45, 7) is 0. The van der Waals surface area contributed by atoms with E-state index < -0.39 is 0 Å². The molecule has 0 N–H and O–H groups in total. The molecule has 0 spiro atoms. The lowest BCUT2D eigenvalue weighted by molar-refractivity contribution is 0.0600. The van der Waals surface area contributed by atoms with Gasteiger partial charge < -0.3 is 9.57 Å². The standard InChI is InChI=1S/C11H10BrNO3/c1-15-11(14)8-4-2-7(3-5-8)9-6-10(12)13-16-9/h2-5,9H,6H2,1H3. The van der Waals surface area contributed by atoms with Crippen molar-refractivity contribution in [1.82, 2.24) is 0 Å². The highest BCUT2D eigenvalue weighted by Gasteiger charge is 2.21. The molecule has 0 bridgehead atoms. The summed E-state index contributed by atoms with van der Waals surface area (Å²) in [5.41, 5.74) is 1.52. The molecular weight excluding hydrogens is 274 g/mol. The Kier molecular flexibility index (Phi) is 3.24. The van der Waals surface area contributed by atoms with Crippen molar-refractivity contribution in [2.24, 2.45) is 5.16 Å². The van der Waals surface area contributed by atoms with Gasteiger partial charge in [-0.3, -0.25) is 0 Å². The lowest BCUT2D eigenvalue weighted by Crippen LogP contribution is -2.02. The molecule has 0 aromatic heterocycles. The van der Waals surface area contributed by atoms with E-state index >= 15 is 0 Å². The minimum absolute atomic E-state index is 0.0685. The van der Waals surface area contributed by atoms with Crippen LogP contribution < -0.4 is 0 Å². The number of carbonyl (C=O) groups is 1. The molecule has 1 heterocycles. The highest BCUT2D eigenvalue weighted by Crippen LogP contribution is 2.28. The predicted molar refractivity (Wildman–Crippen MR) is 62.6 cm³/mol. The zero-order valence-corrected chi connectivity index (χ0v) is 10.2. The molecule has 2 rings (SSSR count). The quantitative estimate of drug-likeness (QED) is 0.784. The third-order valence-corrected chi connectivity index (χ3v) is 2.80. The molecule has 1 atom stereocenters. The number of hydrogen-bond acceptors (Lipinski definition) is 4. The molecule has 84 valence electrons. The molecule has 0 amide bonds. The Morgan fingerprint density at radius 3 is 2.69 bits per heavy atom. The first-order valence-corrected chi connectivity index (χ1v) is 5.56. The van der Waals surface area contributed by atoms with E-state index in [2.05, 4.69) is 25.8 Å². The number of hydrogen-bond donors (Lipinski definition) is 0. The lowest BCUT2D eigenvalue weighted by Gasteiger charge is -2.08. The highest BCUT2D eigenvalue weighted by molar-refractivity contribution is 9.18. The summed E-state index contributed by atoms with van der Waals surface area (Å²) in [4.78, 5) is 16.4. The van der Waals surface area contributed by atoms with Gasteiger partial charge >= 0.3 is 5.97 Å². The summed E-state index contributed by atoms with van der Waals surface area (Å²) in [7, 11) is 1.36. The monoisotopic (exact) mass is 283 g/mol. The number of halogens is 1. The number of carbonyl (C=O) groups excluding carboxylic acids is 1. The van der Waals surface area contributed by atoms with E-state index in [4.69, 9.17) is 4.84 Å². The predicted octanol–water partition coefficient (Wildman–Crippen LogP) is 2.64. The van der Waals surface area contributed by atoms with Gasteiger partial charge in [0, 0.05) is 6.42 Å². The van der Waals surface area contributed by atoms with E-state index in [9.17, 15) is 4.79 Å². The lowest BCUT2D eigenvalue weighted by atomic mass is 10.1. The minimum atomic E-state index is -0.337. The summed E-state index contributed by atoms with van der Waals surface area (Å²) < 4.78 is 5.42. The molecule has 16 heavy (non-hydrogen) atoms. The second-order valence-corrected chi connectivity index (χ2v) is 4.29. The van der Waals surface area contributed by atoms with Gasteiger partial charge in [0.05, 0.1) is 12.7 Å². The van der Waals surface area contributed by atoms with E-state index in [-0.39, 0.29) is 12.1 Å². The first kappa shape index (κ1) is 11.1. The maximum absolute atomic E-state index is 11.2. The fourth-order valence-electron chi connectivity index (χ4n) is 1.48. The fraction of sp³-hybridized carbons (Fsp3) is 0.273. The van der Waals surface area contributed by atoms with Crippen LogP contribution in [0, 0.1) is 0 Å². The van der Waals surface area contributed by atoms with Crippen LogP contribution in [0.15, 0.2) is 29.4 Å². The topological polar surface area (TPSA) is 47.9 Å². The number of esters is 1. The van der Waals surface area contributed by atoms with E-state index in [1.807, 2.05) is 12.1 Å². The summed E-state index contributed by atoms with van der Waals surface area (Å²) in [5.74, 6) is -0.337. The van der Waals surface area contributed by atoms with Gasteiger partial charge in [0.1, 0.15) is 4.62 Å². The van der Waals surface area contributed by atoms with Crippen molar-refractivity contribution in [3.63, 3.8) is 0 Å². The molecule has 0 saturated carbocycles. The molecule has 1 unspecified atom stereocenters. The number of rotatable bonds is 2. The summed E-state index contributed by atoms with van der Waals surface area (Å²) in [6, 6.07) is 7.13. The van der Waals surface area contributed by atoms with Crippen molar-refractivity contribution in [3.8, 4) is 0 Å². The largest absolute Gasteiger partial charge is 0.465 e. The zero-order valence-electron chi connectivity index (χ0n) is 8.64. The number of ether oxygens (including phenoxy) is 1. The number of methoxy groups -OCH3 is 1. The molecule has 1 aromatic carbocycles. The molecule has 0 saturated heterocycles. The Bertz CT molecular complexity index is 427. The van der Waals surface area contributed by atoms with Crippen LogP contribution in [0.5, 0.6) is 0 Å². The first-order chi connectivity index (χ1) is 7.70. The van der Waals surface area contributed by atoms with Gasteiger partial charge in [0.15, 0.2) is 6.10 Å². The summed E-state index contributed by atoms with van der Waals surface area (Å²) in [6.07, 6.45) is 0.651. The van der Waals surface area contributed by atoms with Crippen molar-refractivity contribution in [2.45, 2.75) is 12.5 Å². The van der Waals surface area contributed by atoms with Crippen molar-refractivity contribution in [3.05, 3.63) is 35.4 Å². The van der Waals surface area contributed by atoms with Crippen molar-refractivity contribution < 1.29 is 14.4 Å². The van der Waals surface area contributed by atoms with E-state index in [0.717, 1.165) is 16.6 Å². The SMILES string of the molecule is COC(=O)c1ccc(C2CC(Br)=NO2)cc1. The van der Waals surface area contributed by atoms with E-state index in [1.54, 1.807) is 12.1 Å². The molecule has 1 aromatic rings. The van der Waals surface area contributed by atoms with Crippen LogP contribution in [0.1, 0.15) is 28.4 Å². The van der Waals surface area contributed by atoms with Crippen LogP contribution in [-0.2, 0) is 9.57 Å². The van der Waals surface area contributed by atoms with E-state index in [0.29, 0.717) is 5.56 Å². The molecular formula is C11H10BrNO3. The van der Waals surface area contributed by atoms with Gasteiger partial charge in [-0.25, -0.2) is 4.79 Å². The zero-order chi connectivity index (χ0) is 11.5. The Morgan fingerprint density at radius 1 is 1.50 bits per heavy atom. The summed E-state index contributed by atoms with van der Waals surface area (Å²) >= 11 is 3.28. The third kappa shape index (κ3) is 2.24. The normalized spacial score (nSPS) is 18.9. The van der Waals surface area contributed by atoms with Crippen molar-refractivity contribution in [1.29, 1.82) is 0 Å². The van der Waals surface area contributed by atoms with Crippen LogP contribution in [0.2, 0.25) is 0 Å². The molecule has 0 fully saturated rings. The maximum Gasteiger partial charge on any atom is 0.337 e. The Balaban J connectivity index is 2.11. The molecule has 0 aliphatic carbocycles. The number of nitrogens with zero attached hydrogens (tertiary/aromatic N) is 1. The number of oxime groups is 1. The average Bonchev–Trinajstić information content (AvgIpc) is 2.75. The summed E-state index contributed by atoms with van der Waals surface area (Å²) in [5, 5.41) is 3.81. The second kappa shape index (κ2) is 4.65. The van der Waals surface area contributed by atoms with Crippen LogP contribution in [0.3, 0.4) is 0 Å². The van der Waals surface area contributed by atoms with Gasteiger partial charge in [-0.2, -0.15) is 0 Å². The molecule has 4 nitrogen and oxygen atoms in total. The molecule has 1 aliphatic heterocycles. The molecule has 5 heteroatoms. The van der Waals surface area contributed by atoms with Gasteiger partial charge in [-0.1, -0.05) is 17.3 Å². The minimum Gasteiger partial charge on any atom is -0.465 e. The van der Waals surface area contributed by atoms with Crippen molar-refractivity contribution >= 4 is 26.5 Å². The molecule has 0 radical (unpaired) electrons. The van der Waals surface area contributed by atoms with E-state index in [1.165, 1.54) is 7.11 Å². The second-order valence-electron chi connectivity index (χ2n) is 3.38. The van der Waals surface area contributed by atoms with Crippen LogP contribution in [0.4, 0.5) is 0 Å². The van der Waals surface area contributed by atoms with Crippen LogP contribution in [0.25, 0.3) is 0 Å². The van der Waals surface area contributed by atoms with Crippen LogP contribution >= 0.6 is 15.9 Å². The van der Waals surface area contributed by atoms with Gasteiger partial charge in [0.25, 0.3) is 0 Å². The van der Waals surface area contributed by atoms with Crippen molar-refractivity contribution in [2.75, 3.05) is 7.11 Å². The molecule has 1 aliphatic rings. The van der Waals surface area contributed by atoms with Gasteiger partial charge in [-0.05, 0) is 33.6 Å². The highest BCUT2D eigenvalue weighted by atomic mass is 79.9. The Labute approximate surface area is 101 Å². The maximum atomic E-state index is 11.2. The van der Waals surface area contributed by atoms with Gasteiger partial charge in [0.2, 0.25) is 0 Å². The third-order valence-electron chi connectivity index (χ3n) is 2.34.